The Morgan fingerprint density at radius 2 is 1.38 bits per heavy atom. The zero-order valence-corrected chi connectivity index (χ0v) is 22.4. The van der Waals surface area contributed by atoms with Crippen molar-refractivity contribution in [1.82, 2.24) is 4.40 Å². The van der Waals surface area contributed by atoms with Crippen molar-refractivity contribution in [2.24, 2.45) is 0 Å². The van der Waals surface area contributed by atoms with Crippen LogP contribution in [0.25, 0.3) is 59.8 Å². The first-order chi connectivity index (χ1) is 19.7. The molecule has 0 saturated carbocycles. The molecular weight excluding hydrogens is 508 g/mol. The van der Waals surface area contributed by atoms with Crippen LogP contribution < -0.4 is 5.06 Å². The molecule has 4 heteroatoms. The summed E-state index contributed by atoms with van der Waals surface area (Å²) in [5, 5.41) is 22.7. The fourth-order valence-corrected chi connectivity index (χ4v) is 6.94. The summed E-state index contributed by atoms with van der Waals surface area (Å²) in [5.41, 5.74) is 7.93. The molecule has 40 heavy (non-hydrogen) atoms. The Labute approximate surface area is 235 Å². The second-order valence-electron chi connectivity index (χ2n) is 10.1. The largest absolute Gasteiger partial charge is 0.754 e. The van der Waals surface area contributed by atoms with Gasteiger partial charge in [0.15, 0.2) is 0 Å². The highest BCUT2D eigenvalue weighted by atomic mass is 32.1. The van der Waals surface area contributed by atoms with E-state index in [1.807, 2.05) is 42.5 Å². The minimum Gasteiger partial charge on any atom is -0.754 e. The highest BCUT2D eigenvalue weighted by Crippen LogP contribution is 2.40. The molecule has 190 valence electrons. The Hall–Kier alpha value is -4.90. The number of benzene rings is 5. The first-order valence-electron chi connectivity index (χ1n) is 13.3. The third kappa shape index (κ3) is 3.34. The van der Waals surface area contributed by atoms with Gasteiger partial charge in [0.1, 0.15) is 0 Å². The van der Waals surface area contributed by atoms with Crippen molar-refractivity contribution in [1.29, 1.82) is 0 Å². The van der Waals surface area contributed by atoms with Crippen LogP contribution in [0.5, 0.6) is 0 Å². The molecule has 0 bridgehead atoms. The lowest BCUT2D eigenvalue weighted by atomic mass is 10.0. The van der Waals surface area contributed by atoms with E-state index in [4.69, 9.17) is 0 Å². The average molecular weight is 532 g/mol. The molecule has 3 heterocycles. The van der Waals surface area contributed by atoms with E-state index in [1.165, 1.54) is 37.5 Å². The maximum absolute atomic E-state index is 13.5. The second-order valence-corrected chi connectivity index (χ2v) is 11.0. The topological polar surface area (TPSA) is 30.7 Å². The first-order valence-corrected chi connectivity index (χ1v) is 14.1. The van der Waals surface area contributed by atoms with Crippen LogP contribution in [0, 0.1) is 5.21 Å². The number of anilines is 2. The molecule has 0 aliphatic heterocycles. The molecule has 0 amide bonds. The van der Waals surface area contributed by atoms with Gasteiger partial charge in [-0.15, -0.1) is 11.3 Å². The predicted octanol–water partition coefficient (Wildman–Crippen LogP) is 10.4. The van der Waals surface area contributed by atoms with E-state index in [1.54, 1.807) is 11.3 Å². The monoisotopic (exact) mass is 531 g/mol. The second kappa shape index (κ2) is 8.82. The molecule has 5 aromatic carbocycles. The van der Waals surface area contributed by atoms with Gasteiger partial charge in [0.05, 0.1) is 16.6 Å². The first kappa shape index (κ1) is 23.0. The van der Waals surface area contributed by atoms with E-state index in [0.29, 0.717) is 11.4 Å². The number of allylic oxidation sites excluding steroid dienone is 2. The van der Waals surface area contributed by atoms with Crippen molar-refractivity contribution in [2.45, 2.75) is 0 Å². The number of hydrogen-bond donors (Lipinski definition) is 0. The van der Waals surface area contributed by atoms with Gasteiger partial charge in [-0.1, -0.05) is 79.4 Å². The summed E-state index contributed by atoms with van der Waals surface area (Å²) in [6, 6.07) is 37.1. The summed E-state index contributed by atoms with van der Waals surface area (Å²) in [6.45, 7) is 4.04. The van der Waals surface area contributed by atoms with Gasteiger partial charge in [0, 0.05) is 37.6 Å². The molecule has 3 aromatic heterocycles. The zero-order valence-electron chi connectivity index (χ0n) is 21.5. The van der Waals surface area contributed by atoms with Crippen LogP contribution in [-0.2, 0) is 0 Å². The molecule has 0 atom stereocenters. The third-order valence-corrected chi connectivity index (χ3v) is 8.90. The fraction of sp³-hybridized carbons (Fsp3) is 0. The van der Waals surface area contributed by atoms with Crippen molar-refractivity contribution in [2.75, 3.05) is 5.06 Å². The van der Waals surface area contributed by atoms with Gasteiger partial charge in [0.25, 0.3) is 0 Å². The van der Waals surface area contributed by atoms with Gasteiger partial charge in [-0.2, -0.15) is 0 Å². The van der Waals surface area contributed by atoms with Crippen LogP contribution in [0.2, 0.25) is 0 Å². The zero-order chi connectivity index (χ0) is 26.8. The van der Waals surface area contributed by atoms with Gasteiger partial charge in [0.2, 0.25) is 0 Å². The van der Waals surface area contributed by atoms with Crippen LogP contribution in [0.1, 0.15) is 11.1 Å². The Bertz CT molecular complexity index is 2250. The summed E-state index contributed by atoms with van der Waals surface area (Å²) in [4.78, 5) is 0. The van der Waals surface area contributed by atoms with Crippen molar-refractivity contribution >= 4 is 82.5 Å². The molecule has 0 fully saturated rings. The molecule has 3 nitrogen and oxygen atoms in total. The molecule has 0 radical (unpaired) electrons. The number of aromatic nitrogens is 1. The standard InChI is InChI=1S/C36H23N2OS/c1-2-23(20-25-22-40-35-13-6-4-8-28(25)35)24-14-16-26(17-15-24)38(39)27-18-19-34-32(21-27)31-11-7-10-30-29-9-3-5-12-33(29)37(34)36(30)31/h2-22H,1H2/q-1/b23-20+. The van der Waals surface area contributed by atoms with E-state index in [0.717, 1.165) is 32.5 Å². The average Bonchev–Trinajstić information content (AvgIpc) is 3.68. The number of fused-ring (bicyclic) bond motifs is 7. The van der Waals surface area contributed by atoms with Crippen molar-refractivity contribution < 1.29 is 0 Å². The Balaban J connectivity index is 1.17. The number of rotatable bonds is 5. The number of para-hydroxylation sites is 2. The van der Waals surface area contributed by atoms with Crippen LogP contribution in [-0.4, -0.2) is 4.40 Å². The Kier molecular flexibility index (Phi) is 5.08. The quantitative estimate of drug-likeness (QED) is 0.163. The summed E-state index contributed by atoms with van der Waals surface area (Å²) >= 11 is 1.74. The van der Waals surface area contributed by atoms with E-state index >= 15 is 0 Å². The molecule has 0 aliphatic carbocycles. The maximum atomic E-state index is 13.5. The molecule has 0 saturated heterocycles. The van der Waals surface area contributed by atoms with Gasteiger partial charge < -0.3 is 14.7 Å². The van der Waals surface area contributed by atoms with E-state index in [2.05, 4.69) is 95.2 Å². The van der Waals surface area contributed by atoms with Gasteiger partial charge in [-0.25, -0.2) is 0 Å². The third-order valence-electron chi connectivity index (χ3n) is 7.92. The van der Waals surface area contributed by atoms with Crippen molar-refractivity contribution in [3.63, 3.8) is 0 Å². The molecule has 0 aliphatic rings. The summed E-state index contributed by atoms with van der Waals surface area (Å²) < 4.78 is 3.59. The SMILES string of the molecule is C=C/C(=C\c1csc2ccccc12)c1ccc(N([O-])c2ccc3c(c2)c2cccc4c5ccccc5n3c42)cc1. The van der Waals surface area contributed by atoms with Crippen LogP contribution in [0.15, 0.2) is 127 Å². The Morgan fingerprint density at radius 1 is 0.700 bits per heavy atom. The number of nitrogens with zero attached hydrogens (tertiary/aromatic N) is 2. The molecule has 0 spiro atoms. The van der Waals surface area contributed by atoms with E-state index in [-0.39, 0.29) is 0 Å². The van der Waals surface area contributed by atoms with E-state index in [9.17, 15) is 5.21 Å². The van der Waals surface area contributed by atoms with Crippen molar-refractivity contribution in [3.8, 4) is 0 Å². The lowest BCUT2D eigenvalue weighted by molar-refractivity contribution is 1.30. The minimum atomic E-state index is 0.592. The number of thiophene rings is 1. The lowest BCUT2D eigenvalue weighted by Crippen LogP contribution is -2.06. The van der Waals surface area contributed by atoms with Crippen LogP contribution in [0.4, 0.5) is 11.4 Å². The normalized spacial score (nSPS) is 12.4. The number of hydrogen-bond acceptors (Lipinski definition) is 3. The highest BCUT2D eigenvalue weighted by molar-refractivity contribution is 7.17. The predicted molar refractivity (Wildman–Crippen MR) is 173 cm³/mol. The molecule has 8 rings (SSSR count). The summed E-state index contributed by atoms with van der Waals surface area (Å²) in [6.07, 6.45) is 4.03. The summed E-state index contributed by atoms with van der Waals surface area (Å²) in [7, 11) is 0. The van der Waals surface area contributed by atoms with Crippen molar-refractivity contribution in [3.05, 3.63) is 144 Å². The smallest absolute Gasteiger partial charge is 0.0620 e. The molecule has 0 unspecified atom stereocenters. The van der Waals surface area contributed by atoms with Gasteiger partial charge in [-0.3, -0.25) is 0 Å². The van der Waals surface area contributed by atoms with Crippen LogP contribution in [0.3, 0.4) is 0 Å². The lowest BCUT2D eigenvalue weighted by Gasteiger charge is -2.31. The summed E-state index contributed by atoms with van der Waals surface area (Å²) in [5.74, 6) is 0. The molecule has 0 N–H and O–H groups in total. The van der Waals surface area contributed by atoms with E-state index < -0.39 is 0 Å². The maximum Gasteiger partial charge on any atom is 0.0620 e. The van der Waals surface area contributed by atoms with Crippen LogP contribution >= 0.6 is 11.3 Å². The highest BCUT2D eigenvalue weighted by Gasteiger charge is 2.17. The minimum absolute atomic E-state index is 0.592. The Morgan fingerprint density at radius 3 is 2.20 bits per heavy atom. The molecule has 8 aromatic rings. The van der Waals surface area contributed by atoms with Gasteiger partial charge in [-0.05, 0) is 76.0 Å². The molecular formula is C36H23N2OS-. The fourth-order valence-electron chi connectivity index (χ4n) is 6.02. The van der Waals surface area contributed by atoms with Gasteiger partial charge >= 0.3 is 0 Å².